The van der Waals surface area contributed by atoms with Gasteiger partial charge in [0.1, 0.15) is 0 Å². The van der Waals surface area contributed by atoms with Crippen molar-refractivity contribution < 1.29 is 29.7 Å². The number of carboxylic acids is 3. The fourth-order valence-electron chi connectivity index (χ4n) is 3.63. The molecule has 4 unspecified atom stereocenters. The molecule has 0 saturated carbocycles. The Bertz CT molecular complexity index is 1080. The van der Waals surface area contributed by atoms with Gasteiger partial charge in [-0.15, -0.1) is 0 Å². The van der Waals surface area contributed by atoms with Crippen LogP contribution in [0.2, 0.25) is 0 Å². The Morgan fingerprint density at radius 2 is 1.09 bits per heavy atom. The number of allylic oxidation sites excluding steroid dienone is 10. The minimum atomic E-state index is -0.941. The number of benzene rings is 1. The van der Waals surface area contributed by atoms with Crippen molar-refractivity contribution >= 4 is 56.4 Å². The minimum Gasteiger partial charge on any atom is -0.478 e. The zero-order valence-corrected chi connectivity index (χ0v) is 20.9. The van der Waals surface area contributed by atoms with Crippen molar-refractivity contribution in [3.8, 4) is 0 Å². The lowest BCUT2D eigenvalue weighted by Crippen LogP contribution is -2.17. The second-order valence-corrected chi connectivity index (χ2v) is 9.72. The van der Waals surface area contributed by atoms with E-state index in [0.717, 1.165) is 8.04 Å². The number of hydrogen-bond donors (Lipinski definition) is 3. The number of aliphatic carboxylic acids is 2. The molecule has 0 fully saturated rings. The smallest absolute Gasteiger partial charge is 0.335 e. The Labute approximate surface area is 212 Å². The van der Waals surface area contributed by atoms with Crippen LogP contribution in [0.15, 0.2) is 94.6 Å². The summed E-state index contributed by atoms with van der Waals surface area (Å²) in [4.78, 5) is 33.3. The van der Waals surface area contributed by atoms with Gasteiger partial charge < -0.3 is 15.3 Å². The van der Waals surface area contributed by atoms with E-state index in [1.54, 1.807) is 36.4 Å². The molecule has 0 amide bonds. The van der Waals surface area contributed by atoms with Gasteiger partial charge in [-0.1, -0.05) is 76.7 Å². The van der Waals surface area contributed by atoms with E-state index in [2.05, 4.69) is 38.5 Å². The molecule has 0 aliphatic heterocycles. The third kappa shape index (κ3) is 6.64. The zero-order chi connectivity index (χ0) is 24.1. The second kappa shape index (κ2) is 10.9. The Kier molecular flexibility index (Phi) is 8.25. The van der Waals surface area contributed by atoms with Gasteiger partial charge in [-0.05, 0) is 40.8 Å². The molecule has 0 heterocycles. The van der Waals surface area contributed by atoms with E-state index >= 15 is 0 Å². The predicted molar refractivity (Wildman–Crippen MR) is 136 cm³/mol. The van der Waals surface area contributed by atoms with Crippen molar-refractivity contribution in [1.82, 2.24) is 0 Å². The average molecular weight is 623 g/mol. The molecule has 170 valence electrons. The highest BCUT2D eigenvalue weighted by molar-refractivity contribution is 14.1. The van der Waals surface area contributed by atoms with Crippen LogP contribution in [0.3, 0.4) is 0 Å². The van der Waals surface area contributed by atoms with Gasteiger partial charge in [0.15, 0.2) is 0 Å². The predicted octanol–water partition coefficient (Wildman–Crippen LogP) is 5.49. The van der Waals surface area contributed by atoms with Crippen LogP contribution in [0.4, 0.5) is 0 Å². The van der Waals surface area contributed by atoms with Gasteiger partial charge in [0.25, 0.3) is 0 Å². The van der Waals surface area contributed by atoms with E-state index in [4.69, 9.17) is 5.11 Å². The zero-order valence-electron chi connectivity index (χ0n) is 17.1. The van der Waals surface area contributed by atoms with Crippen LogP contribution in [0.1, 0.15) is 10.4 Å². The van der Waals surface area contributed by atoms with Crippen LogP contribution >= 0.6 is 38.5 Å². The van der Waals surface area contributed by atoms with Crippen LogP contribution in [0.25, 0.3) is 0 Å². The summed E-state index contributed by atoms with van der Waals surface area (Å²) in [6, 6.07) is 5.05. The van der Waals surface area contributed by atoms with Gasteiger partial charge in [0, 0.05) is 42.9 Å². The quantitative estimate of drug-likeness (QED) is 0.304. The molecule has 4 atom stereocenters. The van der Waals surface area contributed by atoms with Crippen molar-refractivity contribution in [3.05, 3.63) is 104 Å². The maximum atomic E-state index is 11.4. The average Bonchev–Trinajstić information content (AvgIpc) is 2.74. The molecule has 6 aliphatic carbocycles. The molecule has 0 radical (unpaired) electrons. The molecular weight excluding hydrogens is 603 g/mol. The van der Waals surface area contributed by atoms with Gasteiger partial charge in [0.2, 0.25) is 0 Å². The number of rotatable bonds is 3. The van der Waals surface area contributed by atoms with E-state index in [0.29, 0.717) is 16.7 Å². The molecule has 0 saturated heterocycles. The standard InChI is InChI=1S/C18H16O4.C7H4BrIO2/c19-17(20)15-9-11-1-2-12-4-6-14(16(10-12)18(21)22)8-7-13(15)5-3-11;8-5-1-4(7(10)11)2-6(9)3-5/h1-14H,(H,19,20)(H,21,22);1-3H,(H,10,11)/b2-1-,8-7-;. The van der Waals surface area contributed by atoms with E-state index < -0.39 is 17.9 Å². The van der Waals surface area contributed by atoms with Crippen LogP contribution in [-0.2, 0) is 9.59 Å². The largest absolute Gasteiger partial charge is 0.478 e. The third-order valence-corrected chi connectivity index (χ3v) is 6.31. The molecule has 6 aliphatic rings. The monoisotopic (exact) mass is 622 g/mol. The van der Waals surface area contributed by atoms with Crippen molar-refractivity contribution in [1.29, 1.82) is 0 Å². The normalized spacial score (nSPS) is 26.6. The number of carboxylic acid groups (broad SMARTS) is 3. The summed E-state index contributed by atoms with van der Waals surface area (Å²) in [6.07, 6.45) is 18.5. The first-order chi connectivity index (χ1) is 15.6. The number of aromatic carboxylic acids is 1. The summed E-state index contributed by atoms with van der Waals surface area (Å²) < 4.78 is 1.70. The van der Waals surface area contributed by atoms with Crippen molar-refractivity contribution in [2.75, 3.05) is 0 Å². The maximum absolute atomic E-state index is 11.4. The number of halogens is 2. The van der Waals surface area contributed by atoms with Gasteiger partial charge in [-0.3, -0.25) is 0 Å². The molecule has 3 N–H and O–H groups in total. The SMILES string of the molecule is O=C(O)C1=CC2C=CC1/C=C\C1C=CC(C=C1C(=O)O)/C=C\2.O=C(O)c1cc(Br)cc(I)c1. The Hall–Kier alpha value is -2.72. The molecule has 0 spiro atoms. The van der Waals surface area contributed by atoms with Crippen molar-refractivity contribution in [2.24, 2.45) is 23.7 Å². The Balaban J connectivity index is 0.000000235. The second-order valence-electron chi connectivity index (χ2n) is 7.56. The lowest BCUT2D eigenvalue weighted by Gasteiger charge is -2.22. The first kappa shape index (κ1) is 24.9. The summed E-state index contributed by atoms with van der Waals surface area (Å²) in [5, 5.41) is 27.3. The van der Waals surface area contributed by atoms with E-state index in [1.807, 2.05) is 42.5 Å². The molecule has 7 rings (SSSR count). The molecule has 1 aromatic carbocycles. The molecule has 4 bridgehead atoms. The topological polar surface area (TPSA) is 112 Å². The van der Waals surface area contributed by atoms with E-state index in [1.165, 1.54) is 0 Å². The highest BCUT2D eigenvalue weighted by Crippen LogP contribution is 2.30. The third-order valence-electron chi connectivity index (χ3n) is 5.23. The van der Waals surface area contributed by atoms with Crippen LogP contribution in [-0.4, -0.2) is 33.2 Å². The first-order valence-electron chi connectivity index (χ1n) is 9.96. The van der Waals surface area contributed by atoms with E-state index in [-0.39, 0.29) is 23.7 Å². The highest BCUT2D eigenvalue weighted by Gasteiger charge is 2.24. The van der Waals surface area contributed by atoms with Gasteiger partial charge in [-0.2, -0.15) is 0 Å². The lowest BCUT2D eigenvalue weighted by molar-refractivity contribution is -0.134. The molecule has 0 aromatic heterocycles. The fraction of sp³-hybridized carbons (Fsp3) is 0.160. The molecule has 6 nitrogen and oxygen atoms in total. The summed E-state index contributed by atoms with van der Waals surface area (Å²) >= 11 is 5.28. The van der Waals surface area contributed by atoms with Gasteiger partial charge in [0.05, 0.1) is 5.56 Å². The maximum Gasteiger partial charge on any atom is 0.335 e. The van der Waals surface area contributed by atoms with E-state index in [9.17, 15) is 24.6 Å². The van der Waals surface area contributed by atoms with Gasteiger partial charge in [-0.25, -0.2) is 14.4 Å². The Morgan fingerprint density at radius 3 is 1.48 bits per heavy atom. The van der Waals surface area contributed by atoms with Gasteiger partial charge >= 0.3 is 17.9 Å². The summed E-state index contributed by atoms with van der Waals surface area (Å²) in [5.41, 5.74) is 0.966. The highest BCUT2D eigenvalue weighted by atomic mass is 127. The molecule has 8 heteroatoms. The summed E-state index contributed by atoms with van der Waals surface area (Å²) in [6.45, 7) is 0. The van der Waals surface area contributed by atoms with Crippen LogP contribution in [0.5, 0.6) is 0 Å². The number of carbonyl (C=O) groups is 3. The Morgan fingerprint density at radius 1 is 0.667 bits per heavy atom. The molecular formula is C25H20BrIO6. The minimum absolute atomic E-state index is 0.0806. The van der Waals surface area contributed by atoms with Crippen molar-refractivity contribution in [3.63, 3.8) is 0 Å². The fourth-order valence-corrected chi connectivity index (χ4v) is 5.22. The summed E-state index contributed by atoms with van der Waals surface area (Å²) in [5.74, 6) is -3.60. The van der Waals surface area contributed by atoms with Crippen LogP contribution < -0.4 is 0 Å². The first-order valence-corrected chi connectivity index (χ1v) is 11.8. The van der Waals surface area contributed by atoms with Crippen molar-refractivity contribution in [2.45, 2.75) is 0 Å². The number of hydrogen-bond acceptors (Lipinski definition) is 3. The lowest BCUT2D eigenvalue weighted by atomic mass is 9.82. The van der Waals surface area contributed by atoms with Crippen LogP contribution in [0, 0.1) is 27.2 Å². The molecule has 1 aromatic rings. The molecule has 33 heavy (non-hydrogen) atoms. The summed E-state index contributed by atoms with van der Waals surface area (Å²) in [7, 11) is 0.